The normalized spacial score (nSPS) is 20.4. The van der Waals surface area contributed by atoms with E-state index in [0.717, 1.165) is 225 Å². The molecule has 0 aromatic rings. The Morgan fingerprint density at radius 3 is 0.961 bits per heavy atom. The lowest BCUT2D eigenvalue weighted by Gasteiger charge is -2.47. The van der Waals surface area contributed by atoms with Gasteiger partial charge >= 0.3 is 39.3 Å². The van der Waals surface area contributed by atoms with E-state index in [-0.39, 0.29) is 32.1 Å². The maximum atomic E-state index is 14.9. The van der Waals surface area contributed by atoms with Gasteiger partial charge < -0.3 is 78.9 Å². The minimum absolute atomic E-state index is 0.0959. The summed E-state index contributed by atoms with van der Waals surface area (Å²) in [6.07, 6.45) is 44.1. The average molecular weight is 1880 g/mol. The first kappa shape index (κ1) is 122. The van der Waals surface area contributed by atoms with Gasteiger partial charge in [0.1, 0.15) is 48.7 Å². The number of aliphatic hydroxyl groups is 4. The van der Waals surface area contributed by atoms with E-state index in [1.54, 1.807) is 0 Å². The van der Waals surface area contributed by atoms with Crippen LogP contribution in [0.5, 0.6) is 0 Å². The van der Waals surface area contributed by atoms with E-state index < -0.39 is 176 Å². The Bertz CT molecular complexity index is 2820. The van der Waals surface area contributed by atoms with E-state index >= 15 is 0 Å². The van der Waals surface area contributed by atoms with Gasteiger partial charge in [-0.15, -0.1) is 0 Å². The summed E-state index contributed by atoms with van der Waals surface area (Å²) in [4.78, 5) is 119. The largest absolute Gasteiger partial charge is 0.470 e. The van der Waals surface area contributed by atoms with Crippen LogP contribution in [0.25, 0.3) is 0 Å². The number of carbonyl (C=O) groups is 6. The molecule has 2 fully saturated rings. The summed E-state index contributed by atoms with van der Waals surface area (Å²) in [5.74, 6) is -4.77. The molecule has 2 aliphatic rings. The third-order valence-electron chi connectivity index (χ3n) is 25.4. The van der Waals surface area contributed by atoms with Crippen LogP contribution in [0.4, 0.5) is 0 Å². The van der Waals surface area contributed by atoms with Crippen LogP contribution in [0.15, 0.2) is 0 Å². The van der Waals surface area contributed by atoms with Crippen LogP contribution in [-0.4, -0.2) is 176 Å². The van der Waals surface area contributed by atoms with Crippen molar-refractivity contribution in [2.24, 2.45) is 0 Å². The number of phosphoric acid groups is 1. The number of hydrogen-bond acceptors (Lipinski definition) is 21. The fourth-order valence-corrected chi connectivity index (χ4v) is 18.8. The van der Waals surface area contributed by atoms with Gasteiger partial charge in [-0.05, 0) is 51.4 Å². The Hall–Kier alpha value is -3.20. The molecule has 9 N–H and O–H groups in total. The highest BCUT2D eigenvalue weighted by Gasteiger charge is 2.55. The molecule has 2 aliphatic heterocycles. The van der Waals surface area contributed by atoms with E-state index in [2.05, 4.69) is 52.2 Å². The summed E-state index contributed by atoms with van der Waals surface area (Å²) in [5, 5.41) is 52.3. The van der Waals surface area contributed by atoms with E-state index in [1.807, 2.05) is 0 Å². The number of amides is 2. The van der Waals surface area contributed by atoms with Crippen LogP contribution in [0.2, 0.25) is 0 Å². The smallest absolute Gasteiger partial charge is 0.462 e. The highest BCUT2D eigenvalue weighted by molar-refractivity contribution is 7.51. The molecule has 0 saturated carbocycles. The predicted octanol–water partition coefficient (Wildman–Crippen LogP) is 23.7. The summed E-state index contributed by atoms with van der Waals surface area (Å²) in [7, 11) is -10.4. The topological polar surface area (TPSA) is 385 Å². The van der Waals surface area contributed by atoms with E-state index in [1.165, 1.54) is 141 Å². The molecule has 2 rings (SSSR count). The fraction of sp³-hybridized carbons (Fsp3) is 0.941. The second-order valence-corrected chi connectivity index (χ2v) is 41.0. The van der Waals surface area contributed by atoms with Crippen molar-refractivity contribution in [3.63, 3.8) is 0 Å². The van der Waals surface area contributed by atoms with Gasteiger partial charge in [0, 0.05) is 19.5 Å². The number of hydrogen-bond donors (Lipinski definition) is 9. The molecule has 26 nitrogen and oxygen atoms in total. The van der Waals surface area contributed by atoms with Gasteiger partial charge in [-0.25, -0.2) is 4.57 Å². The Balaban J connectivity index is 2.75. The first-order chi connectivity index (χ1) is 62.3. The lowest BCUT2D eigenvalue weighted by Crippen LogP contribution is -2.68. The van der Waals surface area contributed by atoms with Crippen molar-refractivity contribution in [2.75, 3.05) is 19.9 Å². The van der Waals surface area contributed by atoms with Crippen LogP contribution in [0.3, 0.4) is 0 Å². The lowest BCUT2D eigenvalue weighted by molar-refractivity contribution is -0.296. The van der Waals surface area contributed by atoms with Crippen molar-refractivity contribution in [1.29, 1.82) is 0 Å². The van der Waals surface area contributed by atoms with Crippen molar-refractivity contribution < 1.29 is 115 Å². The number of esters is 4. The molecule has 15 atom stereocenters. The van der Waals surface area contributed by atoms with Gasteiger partial charge in [0.2, 0.25) is 11.8 Å². The van der Waals surface area contributed by atoms with Gasteiger partial charge in [-0.2, -0.15) is 0 Å². The van der Waals surface area contributed by atoms with E-state index in [0.29, 0.717) is 44.9 Å². The molecular formula is C101H192N2O24P2. The van der Waals surface area contributed by atoms with Crippen LogP contribution >= 0.6 is 15.4 Å². The summed E-state index contributed by atoms with van der Waals surface area (Å²) in [6.45, 7) is 12.0. The fourth-order valence-electron chi connectivity index (χ4n) is 17.7. The number of ether oxygens (including phenoxy) is 7. The maximum absolute atomic E-state index is 14.9. The zero-order valence-electron chi connectivity index (χ0n) is 82.4. The second kappa shape index (κ2) is 80.9. The molecule has 129 heavy (non-hydrogen) atoms. The van der Waals surface area contributed by atoms with Gasteiger partial charge in [0.15, 0.2) is 24.8 Å². The van der Waals surface area contributed by atoms with E-state index in [4.69, 9.17) is 42.2 Å². The minimum Gasteiger partial charge on any atom is -0.462 e. The Morgan fingerprint density at radius 2 is 0.620 bits per heavy atom. The van der Waals surface area contributed by atoms with Crippen LogP contribution in [0.1, 0.15) is 504 Å². The number of aliphatic hydroxyl groups excluding tert-OH is 4. The summed E-state index contributed by atoms with van der Waals surface area (Å²) in [5.41, 5.74) is 0. The zero-order chi connectivity index (χ0) is 94.7. The van der Waals surface area contributed by atoms with Crippen molar-refractivity contribution >= 4 is 51.1 Å². The molecule has 10 unspecified atom stereocenters. The summed E-state index contributed by atoms with van der Waals surface area (Å²) < 4.78 is 81.6. The number of rotatable bonds is 90. The van der Waals surface area contributed by atoms with E-state index in [9.17, 15) is 73.0 Å². The SMILES string of the molecule is CCCCCCCCCCCCCCCC(=O)OC(CCCCCCCCCCC)CC(=O)NC1C(OP(C)(=O)O)OC(CO[C@@H]2OC(CO)[C@@H](OP(=O)(O)O)[C@H](OC(=O)CC(CCCCCCCCCCC)OC(=O)CCCCCCCCCCCCCCC)C2NC(=O)CC(O)CCCCCCCCCCC)[C@@H](O)[C@@H]1OC(=O)CC(O)CCCCCCCCCCC. The molecule has 0 spiro atoms. The van der Waals surface area contributed by atoms with Gasteiger partial charge in [-0.3, -0.25) is 42.4 Å². The average Bonchev–Trinajstić information content (AvgIpc) is 0.770. The molecule has 0 aliphatic carbocycles. The highest BCUT2D eigenvalue weighted by atomic mass is 31.2. The molecular weight excluding hydrogens is 1690 g/mol. The number of nitrogens with one attached hydrogen (secondary N) is 2. The van der Waals surface area contributed by atoms with Crippen molar-refractivity contribution in [1.82, 2.24) is 10.6 Å². The Labute approximate surface area is 782 Å². The predicted molar refractivity (Wildman–Crippen MR) is 512 cm³/mol. The number of unbranched alkanes of at least 4 members (excludes halogenated alkanes) is 56. The molecule has 2 heterocycles. The summed E-state index contributed by atoms with van der Waals surface area (Å²) in [6, 6.07) is -3.66. The third kappa shape index (κ3) is 66.8. The maximum Gasteiger partial charge on any atom is 0.470 e. The first-order valence-electron chi connectivity index (χ1n) is 53.0. The molecule has 0 radical (unpaired) electrons. The standard InChI is InChI=1S/C101H192N2O24P2/c1-8-14-20-26-32-38-40-42-44-50-56-62-68-74-90(109)120-84(72-66-60-54-48-36-30-24-18-12-5)78-89(108)103-94-98(124-92(111)77-83(106)71-65-59-53-47-35-29-23-17-11-4)96(113)87(123-101(94)127-128(7,114)115)81-119-100-95(102-88(107)76-82(105)70-64-58-52-46-34-28-22-16-10-3)99(97(86(80-104)122-100)126-129(116,117)118)125-93(112)79-85(73-67-61-55-49-37-31-25-19-13-6)121-91(110)75-69-63-57-51-45-43-41-39-33-27-21-15-9-2/h82-87,94-101,104-106,113H,8-81H2,1-7H3,(H,102,107)(H,103,108)(H,114,115)(H2,116,117,118)/t82?,83?,84?,85?,86?,87?,94?,95?,96-,97-,98-,99-,100-,101?/m1/s1. The second-order valence-electron chi connectivity index (χ2n) is 38.0. The Kier molecular flexibility index (Phi) is 76.4. The zero-order valence-corrected chi connectivity index (χ0v) is 84.2. The molecule has 0 aromatic carbocycles. The number of phosphoric ester groups is 1. The molecule has 0 aromatic heterocycles. The molecule has 0 bridgehead atoms. The van der Waals surface area contributed by atoms with Crippen molar-refractivity contribution in [2.45, 2.75) is 590 Å². The van der Waals surface area contributed by atoms with Gasteiger partial charge in [-0.1, -0.05) is 414 Å². The quantitative estimate of drug-likeness (QED) is 0.0118. The van der Waals surface area contributed by atoms with Gasteiger partial charge in [0.05, 0.1) is 51.1 Å². The molecule has 2 amide bonds. The first-order valence-corrected chi connectivity index (χ1v) is 56.5. The number of carbonyl (C=O) groups excluding carboxylic acids is 6. The lowest BCUT2D eigenvalue weighted by atomic mass is 9.95. The van der Waals surface area contributed by atoms with Crippen molar-refractivity contribution in [3.05, 3.63) is 0 Å². The van der Waals surface area contributed by atoms with Gasteiger partial charge in [0.25, 0.3) is 0 Å². The highest BCUT2D eigenvalue weighted by Crippen LogP contribution is 2.44. The molecule has 28 heteroatoms. The van der Waals surface area contributed by atoms with Crippen LogP contribution < -0.4 is 10.6 Å². The van der Waals surface area contributed by atoms with Crippen molar-refractivity contribution in [3.8, 4) is 0 Å². The molecule has 2 saturated heterocycles. The minimum atomic E-state index is -5.64. The molecule has 760 valence electrons. The monoisotopic (exact) mass is 1880 g/mol. The third-order valence-corrected chi connectivity index (χ3v) is 26.5. The van der Waals surface area contributed by atoms with Crippen LogP contribution in [-0.2, 0) is 80.1 Å². The van der Waals surface area contributed by atoms with Crippen LogP contribution in [0, 0.1) is 0 Å². The Morgan fingerprint density at radius 1 is 0.333 bits per heavy atom. The summed E-state index contributed by atoms with van der Waals surface area (Å²) >= 11 is 0.